The highest BCUT2D eigenvalue weighted by atomic mass is 35.5. The number of benzene rings is 1. The molecule has 0 N–H and O–H groups in total. The number of halogens is 1. The van der Waals surface area contributed by atoms with Gasteiger partial charge in [0.2, 0.25) is 0 Å². The standard InChI is InChI=1S/C12H10ClNO/c13-11(5-7-15)9-3-4-12-10(8-9)2-1-6-14-12/h1-4,6-8,11H,5H2. The first kappa shape index (κ1) is 10.1. The minimum absolute atomic E-state index is 0.243. The molecule has 0 spiro atoms. The number of aromatic nitrogens is 1. The van der Waals surface area contributed by atoms with E-state index in [1.807, 2.05) is 30.3 Å². The fourth-order valence-electron chi connectivity index (χ4n) is 1.51. The van der Waals surface area contributed by atoms with Crippen LogP contribution in [-0.4, -0.2) is 11.3 Å². The first-order valence-corrected chi connectivity index (χ1v) is 5.17. The molecule has 0 aliphatic carbocycles. The average molecular weight is 220 g/mol. The van der Waals surface area contributed by atoms with Gasteiger partial charge in [-0.05, 0) is 23.8 Å². The monoisotopic (exact) mass is 219 g/mol. The second-order valence-corrected chi connectivity index (χ2v) is 3.85. The van der Waals surface area contributed by atoms with Crippen molar-refractivity contribution in [2.75, 3.05) is 0 Å². The van der Waals surface area contributed by atoms with Crippen molar-refractivity contribution >= 4 is 28.8 Å². The smallest absolute Gasteiger partial charge is 0.121 e. The summed E-state index contributed by atoms with van der Waals surface area (Å²) in [6.07, 6.45) is 2.93. The molecule has 0 bridgehead atoms. The van der Waals surface area contributed by atoms with Gasteiger partial charge in [0.15, 0.2) is 0 Å². The van der Waals surface area contributed by atoms with E-state index in [0.717, 1.165) is 22.8 Å². The number of nitrogens with zero attached hydrogens (tertiary/aromatic N) is 1. The zero-order valence-electron chi connectivity index (χ0n) is 8.06. The zero-order valence-corrected chi connectivity index (χ0v) is 8.82. The van der Waals surface area contributed by atoms with Crippen LogP contribution in [0.25, 0.3) is 10.9 Å². The van der Waals surface area contributed by atoms with Crippen LogP contribution in [0, 0.1) is 0 Å². The van der Waals surface area contributed by atoms with Gasteiger partial charge < -0.3 is 4.79 Å². The Morgan fingerprint density at radius 2 is 2.27 bits per heavy atom. The quantitative estimate of drug-likeness (QED) is 0.587. The molecule has 2 rings (SSSR count). The van der Waals surface area contributed by atoms with E-state index in [4.69, 9.17) is 11.6 Å². The van der Waals surface area contributed by atoms with Crippen molar-refractivity contribution < 1.29 is 4.79 Å². The maximum absolute atomic E-state index is 10.4. The molecule has 1 aromatic carbocycles. The summed E-state index contributed by atoms with van der Waals surface area (Å²) in [5.74, 6) is 0. The van der Waals surface area contributed by atoms with Crippen LogP contribution in [-0.2, 0) is 4.79 Å². The fraction of sp³-hybridized carbons (Fsp3) is 0.167. The summed E-state index contributed by atoms with van der Waals surface area (Å²) in [4.78, 5) is 14.6. The summed E-state index contributed by atoms with van der Waals surface area (Å²) in [7, 11) is 0. The molecule has 1 atom stereocenters. The number of hydrogen-bond donors (Lipinski definition) is 0. The lowest BCUT2D eigenvalue weighted by Gasteiger charge is -2.06. The summed E-state index contributed by atoms with van der Waals surface area (Å²) >= 11 is 6.06. The third-order valence-electron chi connectivity index (χ3n) is 2.29. The molecule has 0 saturated heterocycles. The molecular weight excluding hydrogens is 210 g/mol. The van der Waals surface area contributed by atoms with Crippen molar-refractivity contribution in [3.05, 3.63) is 42.1 Å². The molecule has 0 saturated carbocycles. The maximum atomic E-state index is 10.4. The molecule has 3 heteroatoms. The number of aldehydes is 1. The van der Waals surface area contributed by atoms with Gasteiger partial charge >= 0.3 is 0 Å². The Morgan fingerprint density at radius 3 is 3.07 bits per heavy atom. The second-order valence-electron chi connectivity index (χ2n) is 3.33. The van der Waals surface area contributed by atoms with Gasteiger partial charge in [-0.1, -0.05) is 12.1 Å². The molecule has 1 aromatic heterocycles. The van der Waals surface area contributed by atoms with Gasteiger partial charge in [0.1, 0.15) is 6.29 Å². The topological polar surface area (TPSA) is 30.0 Å². The Labute approximate surface area is 92.9 Å². The van der Waals surface area contributed by atoms with E-state index in [9.17, 15) is 4.79 Å². The van der Waals surface area contributed by atoms with Crippen LogP contribution < -0.4 is 0 Å². The van der Waals surface area contributed by atoms with Crippen LogP contribution >= 0.6 is 11.6 Å². The van der Waals surface area contributed by atoms with Crippen LogP contribution in [0.5, 0.6) is 0 Å². The Kier molecular flexibility index (Phi) is 2.97. The van der Waals surface area contributed by atoms with Gasteiger partial charge in [-0.25, -0.2) is 0 Å². The highest BCUT2D eigenvalue weighted by molar-refractivity contribution is 6.21. The van der Waals surface area contributed by atoms with E-state index in [0.29, 0.717) is 6.42 Å². The number of carbonyl (C=O) groups is 1. The lowest BCUT2D eigenvalue weighted by atomic mass is 10.1. The van der Waals surface area contributed by atoms with E-state index < -0.39 is 0 Å². The highest BCUT2D eigenvalue weighted by Gasteiger charge is 2.07. The largest absolute Gasteiger partial charge is 0.303 e. The molecule has 0 fully saturated rings. The average Bonchev–Trinajstić information content (AvgIpc) is 2.29. The summed E-state index contributed by atoms with van der Waals surface area (Å²) in [6.45, 7) is 0. The van der Waals surface area contributed by atoms with Crippen LogP contribution in [0.1, 0.15) is 17.4 Å². The molecule has 0 aliphatic rings. The van der Waals surface area contributed by atoms with Gasteiger partial charge in [-0.2, -0.15) is 0 Å². The van der Waals surface area contributed by atoms with E-state index in [1.165, 1.54) is 0 Å². The summed E-state index contributed by atoms with van der Waals surface area (Å²) in [5.41, 5.74) is 1.90. The van der Waals surface area contributed by atoms with Gasteiger partial charge in [0, 0.05) is 18.0 Å². The van der Waals surface area contributed by atoms with Crippen LogP contribution in [0.2, 0.25) is 0 Å². The number of rotatable bonds is 3. The lowest BCUT2D eigenvalue weighted by Crippen LogP contribution is -1.91. The van der Waals surface area contributed by atoms with E-state index in [-0.39, 0.29) is 5.38 Å². The van der Waals surface area contributed by atoms with Crippen molar-refractivity contribution in [2.24, 2.45) is 0 Å². The highest BCUT2D eigenvalue weighted by Crippen LogP contribution is 2.25. The molecule has 1 unspecified atom stereocenters. The van der Waals surface area contributed by atoms with Crippen molar-refractivity contribution in [3.63, 3.8) is 0 Å². The van der Waals surface area contributed by atoms with Crippen molar-refractivity contribution in [1.29, 1.82) is 0 Å². The third kappa shape index (κ3) is 2.16. The summed E-state index contributed by atoms with van der Waals surface area (Å²) in [5, 5.41) is 0.804. The van der Waals surface area contributed by atoms with E-state index in [1.54, 1.807) is 6.20 Å². The molecule has 2 nitrogen and oxygen atoms in total. The predicted octanol–water partition coefficient (Wildman–Crippen LogP) is 3.10. The Morgan fingerprint density at radius 1 is 1.40 bits per heavy atom. The van der Waals surface area contributed by atoms with E-state index >= 15 is 0 Å². The molecule has 0 radical (unpaired) electrons. The Hall–Kier alpha value is -1.41. The third-order valence-corrected chi connectivity index (χ3v) is 2.72. The summed E-state index contributed by atoms with van der Waals surface area (Å²) < 4.78 is 0. The number of carbonyl (C=O) groups excluding carboxylic acids is 1. The number of alkyl halides is 1. The molecular formula is C12H10ClNO. The van der Waals surface area contributed by atoms with Crippen LogP contribution in [0.15, 0.2) is 36.5 Å². The molecule has 0 amide bonds. The van der Waals surface area contributed by atoms with Crippen molar-refractivity contribution in [2.45, 2.75) is 11.8 Å². The van der Waals surface area contributed by atoms with E-state index in [2.05, 4.69) is 4.98 Å². The van der Waals surface area contributed by atoms with Crippen molar-refractivity contribution in [1.82, 2.24) is 4.98 Å². The number of fused-ring (bicyclic) bond motifs is 1. The Balaban J connectivity index is 2.42. The van der Waals surface area contributed by atoms with Crippen LogP contribution in [0.3, 0.4) is 0 Å². The normalized spacial score (nSPS) is 12.6. The summed E-state index contributed by atoms with van der Waals surface area (Å²) in [6, 6.07) is 9.68. The van der Waals surface area contributed by atoms with Crippen LogP contribution in [0.4, 0.5) is 0 Å². The first-order valence-electron chi connectivity index (χ1n) is 4.73. The van der Waals surface area contributed by atoms with Gasteiger partial charge in [0.05, 0.1) is 10.9 Å². The van der Waals surface area contributed by atoms with Gasteiger partial charge in [-0.3, -0.25) is 4.98 Å². The molecule has 15 heavy (non-hydrogen) atoms. The molecule has 76 valence electrons. The molecule has 1 heterocycles. The fourth-order valence-corrected chi connectivity index (χ4v) is 1.72. The van der Waals surface area contributed by atoms with Crippen molar-refractivity contribution in [3.8, 4) is 0 Å². The second kappa shape index (κ2) is 4.41. The Bertz CT molecular complexity index is 484. The first-order chi connectivity index (χ1) is 7.31. The number of pyridine rings is 1. The predicted molar refractivity (Wildman–Crippen MR) is 61.0 cm³/mol. The van der Waals surface area contributed by atoms with Gasteiger partial charge in [0.25, 0.3) is 0 Å². The maximum Gasteiger partial charge on any atom is 0.121 e. The molecule has 0 aliphatic heterocycles. The minimum atomic E-state index is -0.243. The van der Waals surface area contributed by atoms with Gasteiger partial charge in [-0.15, -0.1) is 11.6 Å². The SMILES string of the molecule is O=CCC(Cl)c1ccc2ncccc2c1. The molecule has 2 aromatic rings. The zero-order chi connectivity index (χ0) is 10.7. The lowest BCUT2D eigenvalue weighted by molar-refractivity contribution is -0.107. The number of hydrogen-bond acceptors (Lipinski definition) is 2. The minimum Gasteiger partial charge on any atom is -0.303 e.